The molecule has 4 nitrogen and oxygen atoms in total. The lowest BCUT2D eigenvalue weighted by molar-refractivity contribution is -0.122. The average molecular weight is 352 g/mol. The van der Waals surface area contributed by atoms with E-state index < -0.39 is 24.7 Å². The van der Waals surface area contributed by atoms with Crippen LogP contribution in [0.4, 0.5) is 24.5 Å². The van der Waals surface area contributed by atoms with Crippen LogP contribution in [-0.2, 0) is 4.79 Å². The molecule has 2 rings (SSSR count). The predicted octanol–water partition coefficient (Wildman–Crippen LogP) is 4.38. The molecule has 0 saturated heterocycles. The minimum atomic E-state index is -4.35. The molecule has 0 aliphatic rings. The van der Waals surface area contributed by atoms with Crippen LogP contribution < -0.4 is 15.4 Å². The molecule has 0 aromatic heterocycles. The van der Waals surface area contributed by atoms with Crippen LogP contribution in [0.1, 0.15) is 12.5 Å². The molecule has 7 heteroatoms. The van der Waals surface area contributed by atoms with Gasteiger partial charge in [-0.1, -0.05) is 24.3 Å². The maximum absolute atomic E-state index is 12.4. The lowest BCUT2D eigenvalue weighted by Crippen LogP contribution is -2.30. The van der Waals surface area contributed by atoms with Crippen LogP contribution in [0.5, 0.6) is 5.75 Å². The van der Waals surface area contributed by atoms with Crippen molar-refractivity contribution < 1.29 is 22.7 Å². The first-order valence-corrected chi connectivity index (χ1v) is 7.68. The molecule has 0 aliphatic heterocycles. The van der Waals surface area contributed by atoms with Crippen molar-refractivity contribution in [3.05, 3.63) is 54.1 Å². The van der Waals surface area contributed by atoms with E-state index in [2.05, 4.69) is 10.6 Å². The highest BCUT2D eigenvalue weighted by Gasteiger charge is 2.27. The van der Waals surface area contributed by atoms with Gasteiger partial charge in [0.25, 0.3) is 5.91 Å². The van der Waals surface area contributed by atoms with Crippen LogP contribution in [0.3, 0.4) is 0 Å². The van der Waals surface area contributed by atoms with Crippen molar-refractivity contribution in [2.45, 2.75) is 26.1 Å². The summed E-state index contributed by atoms with van der Waals surface area (Å²) in [6.07, 6.45) is -5.16. The summed E-state index contributed by atoms with van der Waals surface area (Å²) in [5, 5.41) is 4.86. The fourth-order valence-electron chi connectivity index (χ4n) is 2.12. The van der Waals surface area contributed by atoms with Crippen LogP contribution in [0.2, 0.25) is 0 Å². The zero-order chi connectivity index (χ0) is 18.4. The van der Waals surface area contributed by atoms with E-state index in [4.69, 9.17) is 4.74 Å². The lowest BCUT2D eigenvalue weighted by atomic mass is 10.2. The third-order valence-corrected chi connectivity index (χ3v) is 3.34. The minimum absolute atomic E-state index is 0.191. The second-order valence-electron chi connectivity index (χ2n) is 5.58. The summed E-state index contributed by atoms with van der Waals surface area (Å²) < 4.78 is 42.7. The molecule has 0 saturated carbocycles. The Labute approximate surface area is 144 Å². The van der Waals surface area contributed by atoms with Crippen molar-refractivity contribution in [2.24, 2.45) is 0 Å². The summed E-state index contributed by atoms with van der Waals surface area (Å²) in [5.41, 5.74) is 1.44. The van der Waals surface area contributed by atoms with E-state index in [9.17, 15) is 18.0 Å². The predicted molar refractivity (Wildman–Crippen MR) is 90.9 cm³/mol. The van der Waals surface area contributed by atoms with E-state index in [1.165, 1.54) is 12.1 Å². The minimum Gasteiger partial charge on any atom is -0.481 e. The Kier molecular flexibility index (Phi) is 5.90. The van der Waals surface area contributed by atoms with E-state index in [1.807, 2.05) is 19.1 Å². The number of aryl methyl sites for hydroxylation is 1. The van der Waals surface area contributed by atoms with Gasteiger partial charge in [0, 0.05) is 0 Å². The summed E-state index contributed by atoms with van der Waals surface area (Å²) in [4.78, 5) is 12.3. The van der Waals surface area contributed by atoms with Gasteiger partial charge in [-0.05, 0) is 43.7 Å². The third kappa shape index (κ3) is 6.02. The molecule has 0 fully saturated rings. The van der Waals surface area contributed by atoms with Crippen molar-refractivity contribution in [1.29, 1.82) is 0 Å². The number of rotatable bonds is 6. The molecule has 1 amide bonds. The normalized spacial score (nSPS) is 12.4. The van der Waals surface area contributed by atoms with Gasteiger partial charge in [-0.25, -0.2) is 0 Å². The third-order valence-electron chi connectivity index (χ3n) is 3.34. The molecule has 1 atom stereocenters. The Morgan fingerprint density at radius 2 is 1.80 bits per heavy atom. The molecule has 2 aromatic carbocycles. The van der Waals surface area contributed by atoms with Crippen molar-refractivity contribution in [3.8, 4) is 5.75 Å². The second-order valence-corrected chi connectivity index (χ2v) is 5.58. The Morgan fingerprint density at radius 3 is 2.44 bits per heavy atom. The van der Waals surface area contributed by atoms with E-state index in [1.54, 1.807) is 31.2 Å². The largest absolute Gasteiger partial charge is 0.481 e. The van der Waals surface area contributed by atoms with Crippen LogP contribution in [0.15, 0.2) is 48.5 Å². The first-order chi connectivity index (χ1) is 11.7. The number of hydrogen-bond donors (Lipinski definition) is 2. The summed E-state index contributed by atoms with van der Waals surface area (Å²) >= 11 is 0. The average Bonchev–Trinajstić information content (AvgIpc) is 2.53. The maximum atomic E-state index is 12.4. The summed E-state index contributed by atoms with van der Waals surface area (Å²) in [7, 11) is 0. The van der Waals surface area contributed by atoms with Crippen molar-refractivity contribution in [3.63, 3.8) is 0 Å². The maximum Gasteiger partial charge on any atom is 0.405 e. The Hall–Kier alpha value is -2.70. The number of amides is 1. The van der Waals surface area contributed by atoms with Crippen LogP contribution in [0.25, 0.3) is 0 Å². The number of benzene rings is 2. The van der Waals surface area contributed by atoms with Gasteiger partial charge < -0.3 is 15.4 Å². The molecule has 0 aliphatic carbocycles. The first kappa shape index (κ1) is 18.6. The molecule has 0 spiro atoms. The van der Waals surface area contributed by atoms with E-state index in [-0.39, 0.29) is 11.4 Å². The Morgan fingerprint density at radius 1 is 1.12 bits per heavy atom. The number of hydrogen-bond acceptors (Lipinski definition) is 3. The van der Waals surface area contributed by atoms with Gasteiger partial charge in [0.1, 0.15) is 12.3 Å². The molecule has 2 aromatic rings. The van der Waals surface area contributed by atoms with Gasteiger partial charge in [0.05, 0.1) is 11.4 Å². The number of alkyl halides is 3. The quantitative estimate of drug-likeness (QED) is 0.811. The lowest BCUT2D eigenvalue weighted by Gasteiger charge is -2.18. The van der Waals surface area contributed by atoms with Crippen molar-refractivity contribution >= 4 is 17.3 Å². The number of carbonyl (C=O) groups excluding carboxylic acids is 1. The summed E-state index contributed by atoms with van der Waals surface area (Å²) in [5.74, 6) is 0.0916. The molecule has 134 valence electrons. The molecule has 0 bridgehead atoms. The number of carbonyl (C=O) groups is 1. The van der Waals surface area contributed by atoms with Crippen molar-refractivity contribution in [1.82, 2.24) is 0 Å². The molecule has 2 N–H and O–H groups in total. The molecular formula is C18H19F3N2O2. The van der Waals surface area contributed by atoms with Crippen LogP contribution in [0, 0.1) is 6.92 Å². The highest BCUT2D eigenvalue weighted by atomic mass is 19.4. The van der Waals surface area contributed by atoms with Crippen LogP contribution >= 0.6 is 0 Å². The number of nitrogens with one attached hydrogen (secondary N) is 2. The first-order valence-electron chi connectivity index (χ1n) is 7.68. The molecule has 0 radical (unpaired) electrons. The van der Waals surface area contributed by atoms with Crippen LogP contribution in [-0.4, -0.2) is 24.7 Å². The smallest absolute Gasteiger partial charge is 0.405 e. The Balaban J connectivity index is 2.02. The molecular weight excluding hydrogens is 333 g/mol. The SMILES string of the molecule is Cc1cccc(OC(C)C(=O)Nc2ccccc2NCC(F)(F)F)c1. The number of anilines is 2. The van der Waals surface area contributed by atoms with E-state index in [0.29, 0.717) is 5.75 Å². The zero-order valence-electron chi connectivity index (χ0n) is 13.9. The zero-order valence-corrected chi connectivity index (χ0v) is 13.9. The number of para-hydroxylation sites is 2. The van der Waals surface area contributed by atoms with Gasteiger partial charge in [-0.15, -0.1) is 0 Å². The topological polar surface area (TPSA) is 50.4 Å². The van der Waals surface area contributed by atoms with Gasteiger partial charge in [0.15, 0.2) is 6.10 Å². The number of halogens is 3. The second kappa shape index (κ2) is 7.92. The molecule has 25 heavy (non-hydrogen) atoms. The fraction of sp³-hybridized carbons (Fsp3) is 0.278. The van der Waals surface area contributed by atoms with Crippen molar-refractivity contribution in [2.75, 3.05) is 17.2 Å². The highest BCUT2D eigenvalue weighted by molar-refractivity contribution is 5.97. The number of ether oxygens (including phenoxy) is 1. The highest BCUT2D eigenvalue weighted by Crippen LogP contribution is 2.24. The summed E-state index contributed by atoms with van der Waals surface area (Å²) in [6, 6.07) is 13.4. The summed E-state index contributed by atoms with van der Waals surface area (Å²) in [6.45, 7) is 2.29. The van der Waals surface area contributed by atoms with Gasteiger partial charge >= 0.3 is 6.18 Å². The van der Waals surface area contributed by atoms with Gasteiger partial charge in [0.2, 0.25) is 0 Å². The van der Waals surface area contributed by atoms with Gasteiger partial charge in [-0.3, -0.25) is 4.79 Å². The van der Waals surface area contributed by atoms with E-state index in [0.717, 1.165) is 5.56 Å². The molecule has 0 heterocycles. The van der Waals surface area contributed by atoms with E-state index >= 15 is 0 Å². The Bertz CT molecular complexity index is 732. The standard InChI is InChI=1S/C18H19F3N2O2/c1-12-6-5-7-14(10-12)25-13(2)17(24)23-16-9-4-3-8-15(16)22-11-18(19,20)21/h3-10,13,22H,11H2,1-2H3,(H,23,24). The fourth-order valence-corrected chi connectivity index (χ4v) is 2.12. The van der Waals surface area contributed by atoms with Gasteiger partial charge in [-0.2, -0.15) is 13.2 Å². The molecule has 1 unspecified atom stereocenters. The monoisotopic (exact) mass is 352 g/mol.